The van der Waals surface area contributed by atoms with Crippen LogP contribution in [0.3, 0.4) is 0 Å². The van der Waals surface area contributed by atoms with Gasteiger partial charge in [-0.1, -0.05) is 191 Å². The molecular weight excluding hydrogens is 577 g/mol. The third-order valence-corrected chi connectivity index (χ3v) is 15.8. The molecule has 0 aromatic rings. The zero-order valence-corrected chi connectivity index (χ0v) is 33.6. The van der Waals surface area contributed by atoms with E-state index < -0.39 is 0 Å². The van der Waals surface area contributed by atoms with Crippen LogP contribution >= 0.6 is 0 Å². The zero-order valence-electron chi connectivity index (χ0n) is 33.6. The van der Waals surface area contributed by atoms with E-state index in [1.807, 2.05) is 0 Å². The zero-order chi connectivity index (χ0) is 33.6. The summed E-state index contributed by atoms with van der Waals surface area (Å²) in [6.45, 7) is 17.1. The van der Waals surface area contributed by atoms with Crippen molar-refractivity contribution in [2.45, 2.75) is 229 Å². The minimum absolute atomic E-state index is 0. The van der Waals surface area contributed by atoms with Crippen molar-refractivity contribution >= 4 is 0 Å². The highest BCUT2D eigenvalue weighted by Crippen LogP contribution is 2.57. The quantitative estimate of drug-likeness (QED) is 0.152. The third-order valence-electron chi connectivity index (χ3n) is 15.8. The number of hydrogen-bond acceptors (Lipinski definition) is 0. The fourth-order valence-electron chi connectivity index (χ4n) is 12.8. The maximum Gasteiger partial charge on any atom is -0.0326 e. The van der Waals surface area contributed by atoms with Crippen molar-refractivity contribution in [3.8, 4) is 0 Å². The van der Waals surface area contributed by atoms with Crippen molar-refractivity contribution in [1.29, 1.82) is 0 Å². The first-order valence-corrected chi connectivity index (χ1v) is 22.8. The molecule has 0 N–H and O–H groups in total. The van der Waals surface area contributed by atoms with E-state index in [2.05, 4.69) is 48.5 Å². The van der Waals surface area contributed by atoms with Gasteiger partial charge in [-0.05, 0) is 115 Å². The molecular formula is C48H92. The van der Waals surface area contributed by atoms with Crippen LogP contribution in [0.15, 0.2) is 0 Å². The Hall–Kier alpha value is 0. The second-order valence-corrected chi connectivity index (χ2v) is 19.4. The molecule has 0 amide bonds. The summed E-state index contributed by atoms with van der Waals surface area (Å²) >= 11 is 0. The fraction of sp³-hybridized carbons (Fsp3) is 1.00. The van der Waals surface area contributed by atoms with Crippen molar-refractivity contribution < 1.29 is 0 Å². The smallest absolute Gasteiger partial charge is 0.0326 e. The highest BCUT2D eigenvalue weighted by atomic mass is 14.5. The second kappa shape index (κ2) is 22.8. The molecule has 0 aromatic heterocycles. The van der Waals surface area contributed by atoms with E-state index >= 15 is 0 Å². The minimum Gasteiger partial charge on any atom is -0.0776 e. The van der Waals surface area contributed by atoms with Crippen molar-refractivity contribution in [1.82, 2.24) is 0 Å². The molecule has 0 bridgehead atoms. The van der Waals surface area contributed by atoms with Gasteiger partial charge >= 0.3 is 0 Å². The Balaban J connectivity index is 0.000000298. The molecule has 0 aliphatic heterocycles. The van der Waals surface area contributed by atoms with Gasteiger partial charge in [0.15, 0.2) is 0 Å². The van der Waals surface area contributed by atoms with Crippen LogP contribution in [0.25, 0.3) is 0 Å². The monoisotopic (exact) mass is 669 g/mol. The SMILES string of the molecule is C.CCCCC(C)CCC(C)C1CCCC(C)C1.CCCCCC1CC2CCCCC2C1C1CCCC(C2CCC(C)C(CCC)C2)C1. The summed E-state index contributed by atoms with van der Waals surface area (Å²) in [4.78, 5) is 0. The summed E-state index contributed by atoms with van der Waals surface area (Å²) in [5, 5.41) is 0. The molecule has 13 atom stereocenters. The average molecular weight is 669 g/mol. The predicted octanol–water partition coefficient (Wildman–Crippen LogP) is 16.4. The number of fused-ring (bicyclic) bond motifs is 1. The van der Waals surface area contributed by atoms with Gasteiger partial charge in [-0.25, -0.2) is 0 Å². The van der Waals surface area contributed by atoms with Crippen LogP contribution in [0.2, 0.25) is 0 Å². The summed E-state index contributed by atoms with van der Waals surface area (Å²) in [6.07, 6.45) is 41.0. The molecule has 0 saturated heterocycles. The number of unbranched alkanes of at least 4 members (excludes halogenated alkanes) is 3. The van der Waals surface area contributed by atoms with E-state index in [0.717, 1.165) is 76.9 Å². The summed E-state index contributed by atoms with van der Waals surface area (Å²) in [6, 6.07) is 0. The Morgan fingerprint density at radius 1 is 0.521 bits per heavy atom. The summed E-state index contributed by atoms with van der Waals surface area (Å²) in [5.41, 5.74) is 0. The lowest BCUT2D eigenvalue weighted by atomic mass is 9.61. The maximum absolute atomic E-state index is 2.56. The summed E-state index contributed by atoms with van der Waals surface area (Å²) in [7, 11) is 0. The van der Waals surface area contributed by atoms with Crippen LogP contribution in [0, 0.1) is 76.9 Å². The van der Waals surface area contributed by atoms with E-state index in [-0.39, 0.29) is 7.43 Å². The van der Waals surface area contributed by atoms with Gasteiger partial charge in [-0.3, -0.25) is 0 Å². The second-order valence-electron chi connectivity index (χ2n) is 19.4. The molecule has 5 rings (SSSR count). The molecule has 0 nitrogen and oxygen atoms in total. The van der Waals surface area contributed by atoms with Gasteiger partial charge in [0.25, 0.3) is 0 Å². The van der Waals surface area contributed by atoms with Gasteiger partial charge in [0.2, 0.25) is 0 Å². The summed E-state index contributed by atoms with van der Waals surface area (Å²) in [5.74, 6) is 13.8. The van der Waals surface area contributed by atoms with Crippen LogP contribution < -0.4 is 0 Å². The van der Waals surface area contributed by atoms with E-state index in [1.165, 1.54) is 96.3 Å². The summed E-state index contributed by atoms with van der Waals surface area (Å²) < 4.78 is 0. The topological polar surface area (TPSA) is 0 Å². The Bertz CT molecular complexity index is 798. The normalized spacial score (nSPS) is 38.2. The van der Waals surface area contributed by atoms with Gasteiger partial charge in [-0.2, -0.15) is 0 Å². The Labute approximate surface area is 305 Å². The Kier molecular flexibility index (Phi) is 20.2. The molecule has 5 saturated carbocycles. The van der Waals surface area contributed by atoms with Gasteiger partial charge in [-0.15, -0.1) is 0 Å². The molecule has 5 aliphatic carbocycles. The van der Waals surface area contributed by atoms with Gasteiger partial charge in [0, 0.05) is 0 Å². The fourth-order valence-corrected chi connectivity index (χ4v) is 12.8. The molecule has 5 fully saturated rings. The number of rotatable bonds is 15. The van der Waals surface area contributed by atoms with Gasteiger partial charge < -0.3 is 0 Å². The van der Waals surface area contributed by atoms with Crippen LogP contribution in [0.1, 0.15) is 229 Å². The molecule has 13 unspecified atom stereocenters. The predicted molar refractivity (Wildman–Crippen MR) is 216 cm³/mol. The van der Waals surface area contributed by atoms with Gasteiger partial charge in [0.05, 0.1) is 0 Å². The first kappa shape index (κ1) is 42.4. The van der Waals surface area contributed by atoms with Crippen molar-refractivity contribution in [2.24, 2.45) is 76.9 Å². The highest BCUT2D eigenvalue weighted by Gasteiger charge is 2.48. The maximum atomic E-state index is 2.56. The van der Waals surface area contributed by atoms with Crippen molar-refractivity contribution in [2.75, 3.05) is 0 Å². The van der Waals surface area contributed by atoms with Crippen molar-refractivity contribution in [3.05, 3.63) is 0 Å². The average Bonchev–Trinajstić information content (AvgIpc) is 3.46. The van der Waals surface area contributed by atoms with Crippen LogP contribution in [0.5, 0.6) is 0 Å². The highest BCUT2D eigenvalue weighted by molar-refractivity contribution is 4.97. The molecule has 48 heavy (non-hydrogen) atoms. The molecule has 0 aromatic carbocycles. The Morgan fingerprint density at radius 3 is 1.96 bits per heavy atom. The molecule has 284 valence electrons. The first-order valence-electron chi connectivity index (χ1n) is 22.8. The first-order chi connectivity index (χ1) is 22.8. The largest absolute Gasteiger partial charge is 0.0776 e. The molecule has 5 aliphatic rings. The lowest BCUT2D eigenvalue weighted by molar-refractivity contribution is 0.0571. The molecule has 0 heterocycles. The molecule has 0 radical (unpaired) electrons. The number of hydrogen-bond donors (Lipinski definition) is 0. The van der Waals surface area contributed by atoms with E-state index in [4.69, 9.17) is 0 Å². The Morgan fingerprint density at radius 2 is 1.21 bits per heavy atom. The van der Waals surface area contributed by atoms with E-state index in [9.17, 15) is 0 Å². The standard InChI is InChI=1S/C30H54.C17H34.CH4/c1-4-6-7-13-27-21-26-12-8-9-16-29(26)30(27)28-15-10-14-24(20-28)25-18-17-22(3)23(19-25)11-5-2;1-5-6-8-14(2)11-12-16(4)17-10-7-9-15(3)13-17;/h22-30H,4-21H2,1-3H3;14-17H,5-13H2,1-4H3;1H4. The molecule has 0 spiro atoms. The van der Waals surface area contributed by atoms with Gasteiger partial charge in [0.1, 0.15) is 0 Å². The van der Waals surface area contributed by atoms with E-state index in [0.29, 0.717) is 0 Å². The lowest BCUT2D eigenvalue weighted by Crippen LogP contribution is -2.35. The molecule has 0 heteroatoms. The van der Waals surface area contributed by atoms with Crippen LogP contribution in [-0.4, -0.2) is 0 Å². The van der Waals surface area contributed by atoms with E-state index in [1.54, 1.807) is 77.0 Å². The van der Waals surface area contributed by atoms with Crippen LogP contribution in [0.4, 0.5) is 0 Å². The lowest BCUT2D eigenvalue weighted by Gasteiger charge is -2.44. The third kappa shape index (κ3) is 12.9. The van der Waals surface area contributed by atoms with Crippen molar-refractivity contribution in [3.63, 3.8) is 0 Å². The minimum atomic E-state index is 0. The van der Waals surface area contributed by atoms with Crippen LogP contribution in [-0.2, 0) is 0 Å².